The van der Waals surface area contributed by atoms with E-state index in [1.165, 1.54) is 9.80 Å². The SMILES string of the molecule is CO[C@H]1CCN(C(O)(O)C(=O)N2CC=C(c3ccc(-c4nc(C)n(C)n4)cc3)CC2)C1. The molecule has 0 radical (unpaired) electrons. The van der Waals surface area contributed by atoms with E-state index in [1.54, 1.807) is 11.8 Å². The zero-order valence-corrected chi connectivity index (χ0v) is 18.2. The van der Waals surface area contributed by atoms with Gasteiger partial charge < -0.3 is 19.8 Å². The van der Waals surface area contributed by atoms with Crippen LogP contribution in [0.2, 0.25) is 0 Å². The highest BCUT2D eigenvalue weighted by Gasteiger charge is 2.46. The molecule has 31 heavy (non-hydrogen) atoms. The monoisotopic (exact) mass is 427 g/mol. The van der Waals surface area contributed by atoms with E-state index >= 15 is 0 Å². The predicted molar refractivity (Wildman–Crippen MR) is 115 cm³/mol. The lowest BCUT2D eigenvalue weighted by Crippen LogP contribution is -2.60. The van der Waals surface area contributed by atoms with Crippen molar-refractivity contribution in [2.24, 2.45) is 7.05 Å². The van der Waals surface area contributed by atoms with Crippen LogP contribution in [0.25, 0.3) is 17.0 Å². The molecular formula is C22H29N5O4. The predicted octanol–water partition coefficient (Wildman–Crippen LogP) is 0.765. The van der Waals surface area contributed by atoms with Gasteiger partial charge in [-0.3, -0.25) is 9.48 Å². The molecule has 0 unspecified atom stereocenters. The van der Waals surface area contributed by atoms with Crippen molar-refractivity contribution >= 4 is 11.5 Å². The van der Waals surface area contributed by atoms with Crippen LogP contribution in [0.4, 0.5) is 0 Å². The Balaban J connectivity index is 1.41. The van der Waals surface area contributed by atoms with Crippen LogP contribution in [0.15, 0.2) is 30.3 Å². The molecule has 3 heterocycles. The Morgan fingerprint density at radius 1 is 1.19 bits per heavy atom. The van der Waals surface area contributed by atoms with E-state index < -0.39 is 11.8 Å². The fourth-order valence-corrected chi connectivity index (χ4v) is 4.09. The summed E-state index contributed by atoms with van der Waals surface area (Å²) in [6, 6.07) is 8.05. The molecule has 9 heteroatoms. The van der Waals surface area contributed by atoms with Crippen molar-refractivity contribution in [2.75, 3.05) is 33.3 Å². The Morgan fingerprint density at radius 2 is 1.90 bits per heavy atom. The molecule has 1 fully saturated rings. The van der Waals surface area contributed by atoms with Gasteiger partial charge in [-0.15, -0.1) is 0 Å². The van der Waals surface area contributed by atoms with E-state index in [1.807, 2.05) is 44.3 Å². The molecule has 9 nitrogen and oxygen atoms in total. The van der Waals surface area contributed by atoms with Crippen molar-refractivity contribution in [1.82, 2.24) is 24.6 Å². The molecule has 0 spiro atoms. The van der Waals surface area contributed by atoms with Crippen molar-refractivity contribution in [3.05, 3.63) is 41.7 Å². The summed E-state index contributed by atoms with van der Waals surface area (Å²) < 4.78 is 7.01. The Bertz CT molecular complexity index is 963. The quantitative estimate of drug-likeness (QED) is 0.679. The number of benzene rings is 1. The molecule has 1 saturated heterocycles. The van der Waals surface area contributed by atoms with Crippen molar-refractivity contribution in [3.8, 4) is 11.4 Å². The third-order valence-electron chi connectivity index (χ3n) is 6.20. The maximum Gasteiger partial charge on any atom is 0.309 e. The standard InChI is InChI=1S/C22H29N5O4/c1-15-23-20(24-25(15)2)18-6-4-16(5-7-18)17-8-11-26(12-9-17)21(28)22(29,30)27-13-10-19(14-27)31-3/h4-8,19,29-30H,9-14H2,1-3H3/t19-/m0/s1. The highest BCUT2D eigenvalue weighted by atomic mass is 16.5. The molecule has 0 saturated carbocycles. The van der Waals surface area contributed by atoms with E-state index in [2.05, 4.69) is 10.1 Å². The van der Waals surface area contributed by atoms with Crippen LogP contribution in [-0.4, -0.2) is 86.0 Å². The molecule has 0 bridgehead atoms. The van der Waals surface area contributed by atoms with Crippen LogP contribution in [-0.2, 0) is 16.6 Å². The summed E-state index contributed by atoms with van der Waals surface area (Å²) in [4.78, 5) is 20.1. The van der Waals surface area contributed by atoms with Gasteiger partial charge in [0, 0.05) is 45.9 Å². The molecule has 166 valence electrons. The molecule has 1 aromatic carbocycles. The molecule has 0 aliphatic carbocycles. The summed E-state index contributed by atoms with van der Waals surface area (Å²) in [6.07, 6.45) is 3.19. The van der Waals surface area contributed by atoms with Crippen molar-refractivity contribution < 1.29 is 19.7 Å². The largest absolute Gasteiger partial charge is 0.380 e. The van der Waals surface area contributed by atoms with Gasteiger partial charge in [-0.25, -0.2) is 9.88 Å². The van der Waals surface area contributed by atoms with Gasteiger partial charge in [0.15, 0.2) is 5.82 Å². The number of hydrogen-bond donors (Lipinski definition) is 2. The minimum absolute atomic E-state index is 0.0903. The van der Waals surface area contributed by atoms with Crippen LogP contribution < -0.4 is 0 Å². The Hall–Kier alpha value is -2.59. The molecular weight excluding hydrogens is 398 g/mol. The Labute approximate surface area is 181 Å². The topological polar surface area (TPSA) is 104 Å². The average molecular weight is 428 g/mol. The first-order valence-corrected chi connectivity index (χ1v) is 10.5. The number of aliphatic hydroxyl groups is 2. The zero-order chi connectivity index (χ0) is 22.2. The first-order valence-electron chi connectivity index (χ1n) is 10.5. The van der Waals surface area contributed by atoms with Crippen molar-refractivity contribution in [2.45, 2.75) is 31.8 Å². The van der Waals surface area contributed by atoms with Crippen LogP contribution in [0, 0.1) is 6.92 Å². The van der Waals surface area contributed by atoms with E-state index in [4.69, 9.17) is 4.74 Å². The van der Waals surface area contributed by atoms with Gasteiger partial charge in [-0.05, 0) is 30.9 Å². The summed E-state index contributed by atoms with van der Waals surface area (Å²) in [5, 5.41) is 25.4. The van der Waals surface area contributed by atoms with Gasteiger partial charge in [-0.2, -0.15) is 5.10 Å². The number of carbonyl (C=O) groups excluding carboxylic acids is 1. The summed E-state index contributed by atoms with van der Waals surface area (Å²) in [7, 11) is 3.46. The van der Waals surface area contributed by atoms with Crippen molar-refractivity contribution in [3.63, 3.8) is 0 Å². The second-order valence-electron chi connectivity index (χ2n) is 8.14. The molecule has 2 aliphatic rings. The Kier molecular flexibility index (Phi) is 5.94. The number of nitrogens with zero attached hydrogens (tertiary/aromatic N) is 5. The van der Waals surface area contributed by atoms with Gasteiger partial charge >= 0.3 is 5.91 Å². The van der Waals surface area contributed by atoms with Crippen LogP contribution in [0.3, 0.4) is 0 Å². The molecule has 1 atom stereocenters. The van der Waals surface area contributed by atoms with Gasteiger partial charge in [-0.1, -0.05) is 30.3 Å². The number of aryl methyl sites for hydroxylation is 2. The zero-order valence-electron chi connectivity index (χ0n) is 18.2. The van der Waals surface area contributed by atoms with E-state index in [9.17, 15) is 15.0 Å². The lowest BCUT2D eigenvalue weighted by Gasteiger charge is -2.36. The Morgan fingerprint density at radius 3 is 2.45 bits per heavy atom. The number of aromatic nitrogens is 3. The minimum Gasteiger partial charge on any atom is -0.380 e. The number of amides is 1. The first-order chi connectivity index (χ1) is 14.8. The maximum absolute atomic E-state index is 12.8. The summed E-state index contributed by atoms with van der Waals surface area (Å²) in [5.74, 6) is -1.64. The van der Waals surface area contributed by atoms with Crippen LogP contribution in [0.1, 0.15) is 24.2 Å². The van der Waals surface area contributed by atoms with Gasteiger partial charge in [0.25, 0.3) is 5.91 Å². The van der Waals surface area contributed by atoms with Gasteiger partial charge in [0.2, 0.25) is 0 Å². The third kappa shape index (κ3) is 4.27. The van der Waals surface area contributed by atoms with Crippen LogP contribution >= 0.6 is 0 Å². The molecule has 2 N–H and O–H groups in total. The summed E-state index contributed by atoms with van der Waals surface area (Å²) >= 11 is 0. The van der Waals surface area contributed by atoms with E-state index in [0.717, 1.165) is 22.5 Å². The molecule has 1 amide bonds. The van der Waals surface area contributed by atoms with Gasteiger partial charge in [0.05, 0.1) is 6.10 Å². The number of methoxy groups -OCH3 is 1. The van der Waals surface area contributed by atoms with Crippen LogP contribution in [0.5, 0.6) is 0 Å². The maximum atomic E-state index is 12.8. The number of likely N-dealkylation sites (tertiary alicyclic amines) is 1. The smallest absolute Gasteiger partial charge is 0.309 e. The number of rotatable bonds is 5. The summed E-state index contributed by atoms with van der Waals surface area (Å²) in [6.45, 7) is 3.40. The third-order valence-corrected chi connectivity index (χ3v) is 6.20. The fourth-order valence-electron chi connectivity index (χ4n) is 4.09. The normalized spacial score (nSPS) is 20.2. The van der Waals surface area contributed by atoms with Gasteiger partial charge in [0.1, 0.15) is 5.82 Å². The number of hydrogen-bond acceptors (Lipinski definition) is 7. The number of ether oxygens (including phenoxy) is 1. The summed E-state index contributed by atoms with van der Waals surface area (Å²) in [5.41, 5.74) is 3.15. The minimum atomic E-state index is -2.51. The number of carbonyl (C=O) groups is 1. The lowest BCUT2D eigenvalue weighted by atomic mass is 9.98. The molecule has 2 aliphatic heterocycles. The lowest BCUT2D eigenvalue weighted by molar-refractivity contribution is -0.254. The molecule has 4 rings (SSSR count). The van der Waals surface area contributed by atoms with E-state index in [-0.39, 0.29) is 6.10 Å². The highest BCUT2D eigenvalue weighted by molar-refractivity contribution is 5.84. The van der Waals surface area contributed by atoms with E-state index in [0.29, 0.717) is 44.8 Å². The van der Waals surface area contributed by atoms with Crippen molar-refractivity contribution in [1.29, 1.82) is 0 Å². The second kappa shape index (κ2) is 8.51. The highest BCUT2D eigenvalue weighted by Crippen LogP contribution is 2.27. The second-order valence-corrected chi connectivity index (χ2v) is 8.14. The molecule has 2 aromatic rings. The average Bonchev–Trinajstić information content (AvgIpc) is 3.41. The molecule has 1 aromatic heterocycles. The fraction of sp³-hybridized carbons (Fsp3) is 0.500. The first kappa shape index (κ1) is 21.6.